The van der Waals surface area contributed by atoms with E-state index >= 15 is 0 Å². The molecule has 0 saturated carbocycles. The van der Waals surface area contributed by atoms with E-state index in [4.69, 9.17) is 5.14 Å². The van der Waals surface area contributed by atoms with E-state index in [-0.39, 0.29) is 5.92 Å². The molecule has 5 heteroatoms. The van der Waals surface area contributed by atoms with Crippen LogP contribution in [-0.2, 0) is 10.0 Å². The maximum absolute atomic E-state index is 10.9. The van der Waals surface area contributed by atoms with Gasteiger partial charge in [0.1, 0.15) is 0 Å². The second-order valence-corrected chi connectivity index (χ2v) is 5.57. The van der Waals surface area contributed by atoms with Gasteiger partial charge < -0.3 is 5.11 Å². The highest BCUT2D eigenvalue weighted by Gasteiger charge is 2.26. The maximum atomic E-state index is 10.9. The molecule has 3 N–H and O–H groups in total. The van der Waals surface area contributed by atoms with Crippen molar-refractivity contribution in [1.29, 1.82) is 0 Å². The van der Waals surface area contributed by atoms with Crippen LogP contribution in [0.15, 0.2) is 30.3 Å². The number of fused-ring (bicyclic) bond motifs is 1. The molecule has 2 atom stereocenters. The number of hydrogen-bond donors (Lipinski definition) is 2. The van der Waals surface area contributed by atoms with E-state index in [0.29, 0.717) is 0 Å². The maximum Gasteiger partial charge on any atom is 0.211 e. The minimum Gasteiger partial charge on any atom is -0.391 e. The summed E-state index contributed by atoms with van der Waals surface area (Å²) in [7, 11) is -3.65. The molecule has 0 saturated heterocycles. The fourth-order valence-corrected chi connectivity index (χ4v) is 2.64. The summed E-state index contributed by atoms with van der Waals surface area (Å²) in [5.41, 5.74) is 1.96. The second kappa shape index (κ2) is 4.01. The topological polar surface area (TPSA) is 80.4 Å². The number of benzene rings is 1. The number of primary sulfonamides is 1. The van der Waals surface area contributed by atoms with Crippen LogP contribution in [0.25, 0.3) is 6.08 Å². The predicted molar refractivity (Wildman–Crippen MR) is 62.2 cm³/mol. The molecule has 86 valence electrons. The van der Waals surface area contributed by atoms with Gasteiger partial charge in [0.15, 0.2) is 0 Å². The Morgan fingerprint density at radius 3 is 2.75 bits per heavy atom. The van der Waals surface area contributed by atoms with Crippen LogP contribution in [0.3, 0.4) is 0 Å². The molecule has 2 unspecified atom stereocenters. The van der Waals surface area contributed by atoms with Crippen molar-refractivity contribution in [1.82, 2.24) is 0 Å². The zero-order chi connectivity index (χ0) is 11.8. The number of nitrogens with two attached hydrogens (primary N) is 1. The zero-order valence-electron chi connectivity index (χ0n) is 8.58. The average molecular weight is 239 g/mol. The van der Waals surface area contributed by atoms with Crippen LogP contribution in [-0.4, -0.2) is 25.4 Å². The molecule has 0 radical (unpaired) electrons. The van der Waals surface area contributed by atoms with E-state index in [9.17, 15) is 13.5 Å². The van der Waals surface area contributed by atoms with E-state index in [1.165, 1.54) is 0 Å². The van der Waals surface area contributed by atoms with Crippen LogP contribution >= 0.6 is 0 Å². The van der Waals surface area contributed by atoms with Gasteiger partial charge in [-0.25, -0.2) is 13.6 Å². The monoisotopic (exact) mass is 239 g/mol. The van der Waals surface area contributed by atoms with Crippen LogP contribution in [0, 0.1) is 0 Å². The van der Waals surface area contributed by atoms with Gasteiger partial charge in [0, 0.05) is 5.92 Å². The quantitative estimate of drug-likeness (QED) is 0.803. The third-order valence-corrected chi connectivity index (χ3v) is 3.46. The van der Waals surface area contributed by atoms with Crippen molar-refractivity contribution in [3.05, 3.63) is 41.5 Å². The molecule has 1 aromatic rings. The van der Waals surface area contributed by atoms with Crippen LogP contribution in [0.4, 0.5) is 0 Å². The Kier molecular flexibility index (Phi) is 2.84. The molecule has 1 aromatic carbocycles. The molecule has 0 spiro atoms. The third kappa shape index (κ3) is 2.32. The third-order valence-electron chi connectivity index (χ3n) is 2.66. The zero-order valence-corrected chi connectivity index (χ0v) is 9.39. The fourth-order valence-electron chi connectivity index (χ4n) is 1.95. The number of aliphatic hydroxyl groups is 1. The summed E-state index contributed by atoms with van der Waals surface area (Å²) in [4.78, 5) is 0. The number of rotatable bonds is 3. The van der Waals surface area contributed by atoms with E-state index < -0.39 is 21.9 Å². The molecule has 0 amide bonds. The fraction of sp³-hybridized carbons (Fsp3) is 0.273. The van der Waals surface area contributed by atoms with Crippen LogP contribution < -0.4 is 5.14 Å². The van der Waals surface area contributed by atoms with Crippen molar-refractivity contribution in [3.63, 3.8) is 0 Å². The van der Waals surface area contributed by atoms with E-state index in [0.717, 1.165) is 11.1 Å². The molecule has 1 aliphatic carbocycles. The van der Waals surface area contributed by atoms with E-state index in [1.807, 2.05) is 30.3 Å². The summed E-state index contributed by atoms with van der Waals surface area (Å²) in [5, 5.41) is 14.7. The molecule has 0 fully saturated rings. The van der Waals surface area contributed by atoms with E-state index in [2.05, 4.69) is 0 Å². The van der Waals surface area contributed by atoms with Crippen LogP contribution in [0.5, 0.6) is 0 Å². The van der Waals surface area contributed by atoms with Crippen molar-refractivity contribution in [2.24, 2.45) is 5.14 Å². The van der Waals surface area contributed by atoms with Crippen molar-refractivity contribution >= 4 is 16.1 Å². The van der Waals surface area contributed by atoms with Gasteiger partial charge in [-0.05, 0) is 11.1 Å². The van der Waals surface area contributed by atoms with Gasteiger partial charge >= 0.3 is 0 Å². The molecule has 0 aliphatic heterocycles. The van der Waals surface area contributed by atoms with Gasteiger partial charge in [-0.15, -0.1) is 0 Å². The minimum atomic E-state index is -3.65. The standard InChI is InChI=1S/C11H13NO3S/c12-16(14,15)7-11(13)10-6-5-8-3-1-2-4-9(8)10/h1-6,10-11,13H,7H2,(H2,12,14,15). The Morgan fingerprint density at radius 2 is 2.06 bits per heavy atom. The second-order valence-electron chi connectivity index (χ2n) is 3.91. The lowest BCUT2D eigenvalue weighted by Crippen LogP contribution is -2.30. The largest absolute Gasteiger partial charge is 0.391 e. The summed E-state index contributed by atoms with van der Waals surface area (Å²) < 4.78 is 21.8. The minimum absolute atomic E-state index is 0.283. The molecule has 0 heterocycles. The van der Waals surface area contributed by atoms with Crippen molar-refractivity contribution in [3.8, 4) is 0 Å². The summed E-state index contributed by atoms with van der Waals surface area (Å²) in [6.45, 7) is 0. The molecular weight excluding hydrogens is 226 g/mol. The first-order valence-electron chi connectivity index (χ1n) is 4.93. The Balaban J connectivity index is 2.23. The van der Waals surface area contributed by atoms with Crippen molar-refractivity contribution < 1.29 is 13.5 Å². The van der Waals surface area contributed by atoms with E-state index in [1.54, 1.807) is 6.08 Å². The smallest absolute Gasteiger partial charge is 0.211 e. The number of hydrogen-bond acceptors (Lipinski definition) is 3. The SMILES string of the molecule is NS(=O)(=O)CC(O)C1C=Cc2ccccc21. The highest BCUT2D eigenvalue weighted by molar-refractivity contribution is 7.89. The number of aliphatic hydroxyl groups excluding tert-OH is 1. The van der Waals surface area contributed by atoms with Gasteiger partial charge in [-0.1, -0.05) is 36.4 Å². The highest BCUT2D eigenvalue weighted by Crippen LogP contribution is 2.32. The molecular formula is C11H13NO3S. The van der Waals surface area contributed by atoms with Gasteiger partial charge in [-0.2, -0.15) is 0 Å². The summed E-state index contributed by atoms with van der Waals surface area (Å²) >= 11 is 0. The van der Waals surface area contributed by atoms with Crippen LogP contribution in [0.2, 0.25) is 0 Å². The molecule has 0 bridgehead atoms. The van der Waals surface area contributed by atoms with Gasteiger partial charge in [0.05, 0.1) is 11.9 Å². The lowest BCUT2D eigenvalue weighted by Gasteiger charge is -2.17. The first-order valence-corrected chi connectivity index (χ1v) is 6.64. The predicted octanol–water partition coefficient (Wildman–Crippen LogP) is 0.446. The summed E-state index contributed by atoms with van der Waals surface area (Å²) in [5.74, 6) is -0.703. The molecule has 0 aromatic heterocycles. The van der Waals surface area contributed by atoms with Gasteiger partial charge in [0.25, 0.3) is 0 Å². The summed E-state index contributed by atoms with van der Waals surface area (Å²) in [6, 6.07) is 7.57. The molecule has 1 aliphatic rings. The van der Waals surface area contributed by atoms with Crippen molar-refractivity contribution in [2.75, 3.05) is 5.75 Å². The van der Waals surface area contributed by atoms with Gasteiger partial charge in [0.2, 0.25) is 10.0 Å². The first kappa shape index (κ1) is 11.3. The van der Waals surface area contributed by atoms with Crippen molar-refractivity contribution in [2.45, 2.75) is 12.0 Å². The number of sulfonamides is 1. The molecule has 4 nitrogen and oxygen atoms in total. The highest BCUT2D eigenvalue weighted by atomic mass is 32.2. The normalized spacial score (nSPS) is 20.8. The molecule has 2 rings (SSSR count). The van der Waals surface area contributed by atoms with Crippen LogP contribution in [0.1, 0.15) is 17.0 Å². The Bertz CT molecular complexity index is 522. The molecule has 16 heavy (non-hydrogen) atoms. The Morgan fingerprint density at radius 1 is 1.38 bits per heavy atom. The lowest BCUT2D eigenvalue weighted by atomic mass is 9.96. The Labute approximate surface area is 94.5 Å². The summed E-state index contributed by atoms with van der Waals surface area (Å²) in [6.07, 6.45) is 2.70. The lowest BCUT2D eigenvalue weighted by molar-refractivity contribution is 0.182. The first-order chi connectivity index (χ1) is 7.47. The Hall–Kier alpha value is -1.17. The van der Waals surface area contributed by atoms with Gasteiger partial charge in [-0.3, -0.25) is 0 Å². The average Bonchev–Trinajstić information content (AvgIpc) is 2.58.